The minimum Gasteiger partial charge on any atom is -0.496 e. The van der Waals surface area contributed by atoms with Crippen LogP contribution in [-0.4, -0.2) is 46.8 Å². The Balaban J connectivity index is 1.72. The summed E-state index contributed by atoms with van der Waals surface area (Å²) in [4.78, 5) is 19.4. The molecule has 0 saturated carbocycles. The average molecular weight is 378 g/mol. The summed E-state index contributed by atoms with van der Waals surface area (Å²) in [5.41, 5.74) is 3.39. The largest absolute Gasteiger partial charge is 0.496 e. The lowest BCUT2D eigenvalue weighted by molar-refractivity contribution is 0.0726. The first-order chi connectivity index (χ1) is 13.7. The maximum Gasteiger partial charge on any atom is 0.261 e. The monoisotopic (exact) mass is 378 g/mol. The van der Waals surface area contributed by atoms with Crippen LogP contribution in [0.5, 0.6) is 11.5 Å². The van der Waals surface area contributed by atoms with Crippen LogP contribution in [0, 0.1) is 0 Å². The number of aromatic nitrogens is 3. The maximum absolute atomic E-state index is 13.5. The van der Waals surface area contributed by atoms with Gasteiger partial charge in [0, 0.05) is 24.5 Å². The Kier molecular flexibility index (Phi) is 4.97. The van der Waals surface area contributed by atoms with Gasteiger partial charge in [-0.1, -0.05) is 6.07 Å². The number of hydrogen-bond donors (Lipinski definition) is 1. The van der Waals surface area contributed by atoms with Crippen molar-refractivity contribution in [3.05, 3.63) is 60.2 Å². The summed E-state index contributed by atoms with van der Waals surface area (Å²) in [6, 6.07) is 9.16. The summed E-state index contributed by atoms with van der Waals surface area (Å²) in [5, 5.41) is 7.36. The number of ether oxygens (including phenoxy) is 2. The van der Waals surface area contributed by atoms with Crippen molar-refractivity contribution in [1.29, 1.82) is 0 Å². The molecular formula is C21H22N4O3. The number of methoxy groups -OCH3 is 2. The fourth-order valence-electron chi connectivity index (χ4n) is 3.83. The van der Waals surface area contributed by atoms with Crippen molar-refractivity contribution in [2.45, 2.75) is 18.9 Å². The number of rotatable bonds is 5. The van der Waals surface area contributed by atoms with Crippen LogP contribution in [0.2, 0.25) is 0 Å². The molecule has 1 atom stereocenters. The molecule has 7 nitrogen and oxygen atoms in total. The van der Waals surface area contributed by atoms with Gasteiger partial charge in [-0.15, -0.1) is 0 Å². The molecule has 3 heterocycles. The molecule has 3 aromatic rings. The Morgan fingerprint density at radius 1 is 1.14 bits per heavy atom. The smallest absolute Gasteiger partial charge is 0.261 e. The molecule has 1 fully saturated rings. The van der Waals surface area contributed by atoms with Crippen molar-refractivity contribution in [2.24, 2.45) is 0 Å². The van der Waals surface area contributed by atoms with Crippen molar-refractivity contribution in [3.8, 4) is 22.6 Å². The Labute approximate surface area is 163 Å². The topological polar surface area (TPSA) is 80.3 Å². The number of nitrogens with one attached hydrogen (secondary N) is 1. The molecule has 1 saturated heterocycles. The molecule has 28 heavy (non-hydrogen) atoms. The highest BCUT2D eigenvalue weighted by Gasteiger charge is 2.35. The van der Waals surface area contributed by atoms with E-state index < -0.39 is 0 Å². The van der Waals surface area contributed by atoms with Gasteiger partial charge in [-0.25, -0.2) is 0 Å². The molecule has 0 spiro atoms. The van der Waals surface area contributed by atoms with E-state index >= 15 is 0 Å². The molecule has 1 N–H and O–H groups in total. The lowest BCUT2D eigenvalue weighted by Gasteiger charge is -2.26. The number of carbonyl (C=O) groups is 1. The van der Waals surface area contributed by atoms with Gasteiger partial charge in [0.15, 0.2) is 0 Å². The van der Waals surface area contributed by atoms with Gasteiger partial charge >= 0.3 is 0 Å². The Morgan fingerprint density at radius 2 is 1.86 bits per heavy atom. The lowest BCUT2D eigenvalue weighted by atomic mass is 10.0. The van der Waals surface area contributed by atoms with Crippen molar-refractivity contribution < 1.29 is 14.3 Å². The van der Waals surface area contributed by atoms with Gasteiger partial charge < -0.3 is 14.4 Å². The SMILES string of the molecule is COc1cccc(OC)c1C(=O)N1CCC[C@H]1c1[nH]ncc1-c1ccncc1. The van der Waals surface area contributed by atoms with E-state index in [1.165, 1.54) is 0 Å². The van der Waals surface area contributed by atoms with Crippen molar-refractivity contribution in [2.75, 3.05) is 20.8 Å². The van der Waals surface area contributed by atoms with Crippen LogP contribution in [0.25, 0.3) is 11.1 Å². The fraction of sp³-hybridized carbons (Fsp3) is 0.286. The molecule has 2 aromatic heterocycles. The van der Waals surface area contributed by atoms with E-state index in [9.17, 15) is 4.79 Å². The second-order valence-electron chi connectivity index (χ2n) is 6.63. The van der Waals surface area contributed by atoms with E-state index in [-0.39, 0.29) is 11.9 Å². The zero-order valence-electron chi connectivity index (χ0n) is 15.9. The highest BCUT2D eigenvalue weighted by molar-refractivity contribution is 6.00. The Hall–Kier alpha value is -3.35. The fourth-order valence-corrected chi connectivity index (χ4v) is 3.83. The molecule has 0 bridgehead atoms. The van der Waals surface area contributed by atoms with Gasteiger partial charge in [0.05, 0.1) is 32.2 Å². The van der Waals surface area contributed by atoms with Crippen LogP contribution >= 0.6 is 0 Å². The highest BCUT2D eigenvalue weighted by Crippen LogP contribution is 2.39. The maximum atomic E-state index is 13.5. The predicted octanol–water partition coefficient (Wildman–Crippen LogP) is 3.47. The number of pyridine rings is 1. The predicted molar refractivity (Wildman–Crippen MR) is 104 cm³/mol. The van der Waals surface area contributed by atoms with Crippen molar-refractivity contribution in [3.63, 3.8) is 0 Å². The number of H-pyrrole nitrogens is 1. The molecule has 0 unspecified atom stereocenters. The third-order valence-corrected chi connectivity index (χ3v) is 5.15. The number of aromatic amines is 1. The van der Waals surface area contributed by atoms with Gasteiger partial charge in [0.2, 0.25) is 0 Å². The molecule has 0 aliphatic carbocycles. The van der Waals surface area contributed by atoms with E-state index in [1.807, 2.05) is 23.1 Å². The van der Waals surface area contributed by atoms with Gasteiger partial charge in [-0.05, 0) is 42.7 Å². The summed E-state index contributed by atoms with van der Waals surface area (Å²) >= 11 is 0. The second-order valence-corrected chi connectivity index (χ2v) is 6.63. The first kappa shape index (κ1) is 18.0. The number of benzene rings is 1. The third-order valence-electron chi connectivity index (χ3n) is 5.15. The van der Waals surface area contributed by atoms with Crippen molar-refractivity contribution >= 4 is 5.91 Å². The zero-order chi connectivity index (χ0) is 19.5. The second kappa shape index (κ2) is 7.72. The molecule has 1 aliphatic heterocycles. The Morgan fingerprint density at radius 3 is 2.54 bits per heavy atom. The molecule has 0 radical (unpaired) electrons. The minimum atomic E-state index is -0.105. The highest BCUT2D eigenvalue weighted by atomic mass is 16.5. The molecule has 1 aromatic carbocycles. The van der Waals surface area contributed by atoms with E-state index in [2.05, 4.69) is 15.2 Å². The summed E-state index contributed by atoms with van der Waals surface area (Å²) < 4.78 is 10.9. The Bertz CT molecular complexity index is 949. The average Bonchev–Trinajstić information content (AvgIpc) is 3.42. The van der Waals surface area contributed by atoms with E-state index in [0.717, 1.165) is 29.7 Å². The summed E-state index contributed by atoms with van der Waals surface area (Å²) in [5.74, 6) is 0.912. The van der Waals surface area contributed by atoms with Crippen molar-refractivity contribution in [1.82, 2.24) is 20.1 Å². The quantitative estimate of drug-likeness (QED) is 0.735. The lowest BCUT2D eigenvalue weighted by Crippen LogP contribution is -2.31. The minimum absolute atomic E-state index is 0.0900. The normalized spacial score (nSPS) is 16.2. The summed E-state index contributed by atoms with van der Waals surface area (Å²) in [6.07, 6.45) is 7.09. The van der Waals surface area contributed by atoms with Gasteiger partial charge in [-0.2, -0.15) is 5.10 Å². The zero-order valence-corrected chi connectivity index (χ0v) is 15.9. The van der Waals surface area contributed by atoms with Gasteiger partial charge in [-0.3, -0.25) is 14.9 Å². The van der Waals surface area contributed by atoms with Crippen LogP contribution in [0.4, 0.5) is 0 Å². The van der Waals surface area contributed by atoms with Crippen LogP contribution in [0.15, 0.2) is 48.9 Å². The standard InChI is InChI=1S/C21H22N4O3/c1-27-17-6-3-7-18(28-2)19(17)21(26)25-12-4-5-16(25)20-15(13-23-24-20)14-8-10-22-11-9-14/h3,6-11,13,16H,4-5,12H2,1-2H3,(H,23,24)/t16-/m0/s1. The summed E-state index contributed by atoms with van der Waals surface area (Å²) in [6.45, 7) is 0.666. The van der Waals surface area contributed by atoms with Crippen LogP contribution in [0.1, 0.15) is 34.9 Å². The first-order valence-electron chi connectivity index (χ1n) is 9.20. The molecule has 4 rings (SSSR count). The molecular weight excluding hydrogens is 356 g/mol. The van der Waals surface area contributed by atoms with Gasteiger partial charge in [0.1, 0.15) is 17.1 Å². The molecule has 144 valence electrons. The number of carbonyl (C=O) groups excluding carboxylic acids is 1. The third kappa shape index (κ3) is 3.09. The van der Waals surface area contributed by atoms with Crippen LogP contribution < -0.4 is 9.47 Å². The van der Waals surface area contributed by atoms with Crippen LogP contribution in [-0.2, 0) is 0 Å². The molecule has 1 amide bonds. The number of likely N-dealkylation sites (tertiary alicyclic amines) is 1. The first-order valence-corrected chi connectivity index (χ1v) is 9.20. The molecule has 1 aliphatic rings. The van der Waals surface area contributed by atoms with Gasteiger partial charge in [0.25, 0.3) is 5.91 Å². The number of nitrogens with zero attached hydrogens (tertiary/aromatic N) is 3. The number of amides is 1. The van der Waals surface area contributed by atoms with Crippen LogP contribution in [0.3, 0.4) is 0 Å². The summed E-state index contributed by atoms with van der Waals surface area (Å²) in [7, 11) is 3.12. The van der Waals surface area contributed by atoms with E-state index in [1.54, 1.807) is 44.9 Å². The van der Waals surface area contributed by atoms with E-state index in [4.69, 9.17) is 9.47 Å². The number of hydrogen-bond acceptors (Lipinski definition) is 5. The molecule has 7 heteroatoms. The van der Waals surface area contributed by atoms with E-state index in [0.29, 0.717) is 23.6 Å².